The van der Waals surface area contributed by atoms with Crippen LogP contribution in [0.4, 0.5) is 11.5 Å². The minimum Gasteiger partial charge on any atom is -0.398 e. The van der Waals surface area contributed by atoms with Crippen LogP contribution in [0.5, 0.6) is 0 Å². The van der Waals surface area contributed by atoms with Gasteiger partial charge in [0.05, 0.1) is 6.33 Å². The summed E-state index contributed by atoms with van der Waals surface area (Å²) in [6, 6.07) is 1.87. The van der Waals surface area contributed by atoms with Gasteiger partial charge in [-0.2, -0.15) is 0 Å². The molecule has 90 valence electrons. The number of nitrogens with two attached hydrogens (primary N) is 1. The van der Waals surface area contributed by atoms with Crippen molar-refractivity contribution in [3.63, 3.8) is 0 Å². The number of pyridine rings is 1. The highest BCUT2D eigenvalue weighted by molar-refractivity contribution is 5.53. The Kier molecular flexibility index (Phi) is 3.59. The van der Waals surface area contributed by atoms with Gasteiger partial charge in [-0.25, -0.2) is 9.97 Å². The summed E-state index contributed by atoms with van der Waals surface area (Å²) in [4.78, 5) is 8.26. The second-order valence-electron chi connectivity index (χ2n) is 4.01. The average Bonchev–Trinajstić information content (AvgIpc) is 2.82. The summed E-state index contributed by atoms with van der Waals surface area (Å²) in [7, 11) is 0. The smallest absolute Gasteiger partial charge is 0.127 e. The number of nitrogens with zero attached hydrogens (tertiary/aromatic N) is 3. The van der Waals surface area contributed by atoms with E-state index in [0.717, 1.165) is 36.6 Å². The zero-order valence-electron chi connectivity index (χ0n) is 9.93. The number of hydrogen-bond donors (Lipinski definition) is 2. The highest BCUT2D eigenvalue weighted by Crippen LogP contribution is 2.13. The summed E-state index contributed by atoms with van der Waals surface area (Å²) in [6.07, 6.45) is 8.37. The van der Waals surface area contributed by atoms with E-state index in [1.807, 2.05) is 25.5 Å². The summed E-state index contributed by atoms with van der Waals surface area (Å²) in [5, 5.41) is 3.25. The Labute approximate surface area is 101 Å². The van der Waals surface area contributed by atoms with Crippen molar-refractivity contribution < 1.29 is 0 Å². The number of aromatic nitrogens is 3. The van der Waals surface area contributed by atoms with Crippen LogP contribution in [0.1, 0.15) is 12.0 Å². The van der Waals surface area contributed by atoms with E-state index in [9.17, 15) is 0 Å². The molecule has 0 aliphatic heterocycles. The number of hydrogen-bond acceptors (Lipinski definition) is 4. The Morgan fingerprint density at radius 3 is 3.06 bits per heavy atom. The molecule has 0 fully saturated rings. The second-order valence-corrected chi connectivity index (χ2v) is 4.01. The SMILES string of the molecule is Cc1cnc(NCCCn2ccnc2)cc1N. The first-order chi connectivity index (χ1) is 8.25. The molecule has 5 heteroatoms. The first kappa shape index (κ1) is 11.4. The molecule has 0 radical (unpaired) electrons. The van der Waals surface area contributed by atoms with Gasteiger partial charge < -0.3 is 15.6 Å². The van der Waals surface area contributed by atoms with Gasteiger partial charge >= 0.3 is 0 Å². The van der Waals surface area contributed by atoms with Crippen molar-refractivity contribution in [3.8, 4) is 0 Å². The Bertz CT molecular complexity index is 464. The van der Waals surface area contributed by atoms with Gasteiger partial charge in [0.2, 0.25) is 0 Å². The van der Waals surface area contributed by atoms with E-state index in [2.05, 4.69) is 19.9 Å². The first-order valence-electron chi connectivity index (χ1n) is 5.67. The van der Waals surface area contributed by atoms with Gasteiger partial charge in [-0.1, -0.05) is 0 Å². The molecular weight excluding hydrogens is 214 g/mol. The molecule has 2 heterocycles. The summed E-state index contributed by atoms with van der Waals surface area (Å²) in [5.41, 5.74) is 7.59. The fraction of sp³-hybridized carbons (Fsp3) is 0.333. The maximum Gasteiger partial charge on any atom is 0.127 e. The first-order valence-corrected chi connectivity index (χ1v) is 5.67. The fourth-order valence-corrected chi connectivity index (χ4v) is 1.53. The normalized spacial score (nSPS) is 10.4. The van der Waals surface area contributed by atoms with Crippen LogP contribution in [0.25, 0.3) is 0 Å². The molecule has 0 unspecified atom stereocenters. The Morgan fingerprint density at radius 1 is 1.47 bits per heavy atom. The van der Waals surface area contributed by atoms with Crippen LogP contribution in [0.2, 0.25) is 0 Å². The van der Waals surface area contributed by atoms with Crippen molar-refractivity contribution >= 4 is 11.5 Å². The molecule has 0 aliphatic rings. The van der Waals surface area contributed by atoms with Gasteiger partial charge in [0.25, 0.3) is 0 Å². The molecule has 0 bridgehead atoms. The van der Waals surface area contributed by atoms with Gasteiger partial charge in [0, 0.05) is 43.4 Å². The van der Waals surface area contributed by atoms with Gasteiger partial charge in [-0.05, 0) is 18.9 Å². The molecule has 0 aliphatic carbocycles. The number of aryl methyl sites for hydroxylation is 2. The summed E-state index contributed by atoms with van der Waals surface area (Å²) in [6.45, 7) is 3.77. The lowest BCUT2D eigenvalue weighted by atomic mass is 10.2. The lowest BCUT2D eigenvalue weighted by Gasteiger charge is -2.07. The number of imidazole rings is 1. The molecule has 2 rings (SSSR count). The largest absolute Gasteiger partial charge is 0.398 e. The molecule has 0 aromatic carbocycles. The number of nitrogen functional groups attached to an aromatic ring is 1. The molecule has 0 saturated carbocycles. The molecule has 3 N–H and O–H groups in total. The Hall–Kier alpha value is -2.04. The van der Waals surface area contributed by atoms with Crippen LogP contribution in [-0.4, -0.2) is 21.1 Å². The number of nitrogens with one attached hydrogen (secondary N) is 1. The highest BCUT2D eigenvalue weighted by Gasteiger charge is 1.97. The van der Waals surface area contributed by atoms with Crippen LogP contribution in [0, 0.1) is 6.92 Å². The van der Waals surface area contributed by atoms with Crippen molar-refractivity contribution in [3.05, 3.63) is 36.5 Å². The van der Waals surface area contributed by atoms with Gasteiger partial charge in [-0.15, -0.1) is 0 Å². The van der Waals surface area contributed by atoms with Crippen LogP contribution < -0.4 is 11.1 Å². The van der Waals surface area contributed by atoms with E-state index in [-0.39, 0.29) is 0 Å². The van der Waals surface area contributed by atoms with E-state index in [1.54, 1.807) is 12.4 Å². The van der Waals surface area contributed by atoms with Crippen LogP contribution in [0.15, 0.2) is 31.0 Å². The molecule has 2 aromatic rings. The van der Waals surface area contributed by atoms with Crippen molar-refractivity contribution in [2.24, 2.45) is 0 Å². The summed E-state index contributed by atoms with van der Waals surface area (Å²) >= 11 is 0. The van der Waals surface area contributed by atoms with Gasteiger partial charge in [-0.3, -0.25) is 0 Å². The van der Waals surface area contributed by atoms with Gasteiger partial charge in [0.1, 0.15) is 5.82 Å². The zero-order chi connectivity index (χ0) is 12.1. The molecule has 5 nitrogen and oxygen atoms in total. The average molecular weight is 231 g/mol. The third kappa shape index (κ3) is 3.21. The topological polar surface area (TPSA) is 68.8 Å². The number of rotatable bonds is 5. The fourth-order valence-electron chi connectivity index (χ4n) is 1.53. The van der Waals surface area contributed by atoms with Crippen molar-refractivity contribution in [1.29, 1.82) is 0 Å². The maximum atomic E-state index is 5.81. The molecule has 2 aromatic heterocycles. The summed E-state index contributed by atoms with van der Waals surface area (Å²) in [5.74, 6) is 0.832. The van der Waals surface area contributed by atoms with E-state index in [0.29, 0.717) is 0 Å². The second kappa shape index (κ2) is 5.34. The minimum absolute atomic E-state index is 0.775. The molecule has 0 atom stereocenters. The van der Waals surface area contributed by atoms with Crippen LogP contribution >= 0.6 is 0 Å². The Balaban J connectivity index is 1.76. The highest BCUT2D eigenvalue weighted by atomic mass is 15.0. The molecular formula is C12H17N5. The van der Waals surface area contributed by atoms with E-state index in [1.165, 1.54) is 0 Å². The third-order valence-electron chi connectivity index (χ3n) is 2.60. The van der Waals surface area contributed by atoms with Crippen molar-refractivity contribution in [1.82, 2.24) is 14.5 Å². The third-order valence-corrected chi connectivity index (χ3v) is 2.60. The predicted octanol–water partition coefficient (Wildman–Crippen LogP) is 1.67. The van der Waals surface area contributed by atoms with E-state index in [4.69, 9.17) is 5.73 Å². The number of anilines is 2. The molecule has 0 amide bonds. The quantitative estimate of drug-likeness (QED) is 0.768. The lowest BCUT2D eigenvalue weighted by molar-refractivity contribution is 0.660. The van der Waals surface area contributed by atoms with Crippen molar-refractivity contribution in [2.75, 3.05) is 17.6 Å². The van der Waals surface area contributed by atoms with Gasteiger partial charge in [0.15, 0.2) is 0 Å². The maximum absolute atomic E-state index is 5.81. The summed E-state index contributed by atoms with van der Waals surface area (Å²) < 4.78 is 2.05. The van der Waals surface area contributed by atoms with Crippen LogP contribution in [0.3, 0.4) is 0 Å². The predicted molar refractivity (Wildman–Crippen MR) is 68.7 cm³/mol. The monoisotopic (exact) mass is 231 g/mol. The van der Waals surface area contributed by atoms with E-state index >= 15 is 0 Å². The molecule has 17 heavy (non-hydrogen) atoms. The minimum atomic E-state index is 0.775. The van der Waals surface area contributed by atoms with E-state index < -0.39 is 0 Å². The molecule has 0 spiro atoms. The standard InChI is InChI=1S/C12H17N5/c1-10-8-16-12(7-11(10)13)15-3-2-5-17-6-4-14-9-17/h4,6-9H,2-3,5H2,1H3,(H3,13,15,16). The lowest BCUT2D eigenvalue weighted by Crippen LogP contribution is -2.07. The Morgan fingerprint density at radius 2 is 2.35 bits per heavy atom. The van der Waals surface area contributed by atoms with Crippen LogP contribution in [-0.2, 0) is 6.54 Å². The van der Waals surface area contributed by atoms with Crippen molar-refractivity contribution in [2.45, 2.75) is 19.9 Å². The molecule has 0 saturated heterocycles. The zero-order valence-corrected chi connectivity index (χ0v) is 9.93.